The number of aromatic nitrogens is 2. The number of hydrogen-bond donors (Lipinski definition) is 1. The molecule has 0 bridgehead atoms. The fourth-order valence-electron chi connectivity index (χ4n) is 4.13. The lowest BCUT2D eigenvalue weighted by Gasteiger charge is -2.37. The molecule has 1 N–H and O–H groups in total. The number of hydrogen-bond acceptors (Lipinski definition) is 6. The fraction of sp³-hybridized carbons (Fsp3) is 0.524. The van der Waals surface area contributed by atoms with Gasteiger partial charge in [-0.2, -0.15) is 4.98 Å². The summed E-state index contributed by atoms with van der Waals surface area (Å²) in [6, 6.07) is 4.93. The van der Waals surface area contributed by atoms with E-state index in [1.54, 1.807) is 17.0 Å². The van der Waals surface area contributed by atoms with E-state index in [2.05, 4.69) is 15.5 Å². The Balaban J connectivity index is 1.47. The molecule has 2 aliphatic heterocycles. The molecule has 1 saturated carbocycles. The van der Waals surface area contributed by atoms with Crippen LogP contribution in [0.1, 0.15) is 73.2 Å². The molecule has 1 aromatic carbocycles. The van der Waals surface area contributed by atoms with Crippen molar-refractivity contribution in [2.45, 2.75) is 57.1 Å². The average Bonchev–Trinajstić information content (AvgIpc) is 3.39. The Hall–Kier alpha value is -2.74. The van der Waals surface area contributed by atoms with Crippen molar-refractivity contribution in [3.63, 3.8) is 0 Å². The predicted molar refractivity (Wildman–Crippen MR) is 104 cm³/mol. The van der Waals surface area contributed by atoms with E-state index in [9.17, 15) is 9.59 Å². The molecule has 0 radical (unpaired) electrons. The molecule has 2 atom stereocenters. The average molecular weight is 396 g/mol. The number of ether oxygens (including phenoxy) is 1. The summed E-state index contributed by atoms with van der Waals surface area (Å²) in [7, 11) is 0. The summed E-state index contributed by atoms with van der Waals surface area (Å²) >= 11 is 0. The molecule has 8 nitrogen and oxygen atoms in total. The van der Waals surface area contributed by atoms with Crippen LogP contribution in [0.4, 0.5) is 5.69 Å². The van der Waals surface area contributed by atoms with Crippen molar-refractivity contribution in [1.82, 2.24) is 15.0 Å². The van der Waals surface area contributed by atoms with Crippen LogP contribution in [0.3, 0.4) is 0 Å². The molecule has 1 aliphatic carbocycles. The number of anilines is 1. The van der Waals surface area contributed by atoms with E-state index in [4.69, 9.17) is 9.26 Å². The van der Waals surface area contributed by atoms with Crippen molar-refractivity contribution in [3.05, 3.63) is 41.0 Å². The van der Waals surface area contributed by atoms with Crippen molar-refractivity contribution < 1.29 is 18.8 Å². The molecule has 0 unspecified atom stereocenters. The van der Waals surface area contributed by atoms with Crippen LogP contribution < -0.4 is 5.32 Å². The zero-order valence-electron chi connectivity index (χ0n) is 16.8. The Bertz CT molecular complexity index is 994. The number of carbonyl (C=O) groups excluding carboxylic acids is 2. The Labute approximate surface area is 168 Å². The van der Waals surface area contributed by atoms with E-state index in [0.29, 0.717) is 36.3 Å². The SMILES string of the molecule is C[C@H]1OCCN(C(=O)c2ccc3c(c2)C(C)(C)C(=O)N3)[C@@H]1c1nc(C2CC2)no1. The van der Waals surface area contributed by atoms with Crippen LogP contribution in [-0.4, -0.2) is 46.1 Å². The van der Waals surface area contributed by atoms with Crippen LogP contribution >= 0.6 is 0 Å². The van der Waals surface area contributed by atoms with Crippen LogP contribution in [0.25, 0.3) is 0 Å². The lowest BCUT2D eigenvalue weighted by molar-refractivity contribution is -0.119. The maximum absolute atomic E-state index is 13.4. The topological polar surface area (TPSA) is 97.6 Å². The Morgan fingerprint density at radius 1 is 1.31 bits per heavy atom. The van der Waals surface area contributed by atoms with Crippen LogP contribution in [0.2, 0.25) is 0 Å². The number of amides is 2. The van der Waals surface area contributed by atoms with Gasteiger partial charge in [-0.05, 0) is 57.4 Å². The van der Waals surface area contributed by atoms with Crippen LogP contribution in [0, 0.1) is 0 Å². The third kappa shape index (κ3) is 2.93. The number of nitrogens with one attached hydrogen (secondary N) is 1. The minimum Gasteiger partial charge on any atom is -0.374 e. The van der Waals surface area contributed by atoms with Crippen LogP contribution in [0.15, 0.2) is 22.7 Å². The number of rotatable bonds is 3. The first-order valence-corrected chi connectivity index (χ1v) is 10.1. The van der Waals surface area contributed by atoms with E-state index < -0.39 is 11.5 Å². The van der Waals surface area contributed by atoms with Gasteiger partial charge in [0.2, 0.25) is 5.91 Å². The highest BCUT2D eigenvalue weighted by Gasteiger charge is 2.42. The summed E-state index contributed by atoms with van der Waals surface area (Å²) in [6.07, 6.45) is 1.90. The number of benzene rings is 1. The lowest BCUT2D eigenvalue weighted by Crippen LogP contribution is -2.47. The highest BCUT2D eigenvalue weighted by Crippen LogP contribution is 2.40. The molecule has 8 heteroatoms. The number of morpholine rings is 1. The fourth-order valence-corrected chi connectivity index (χ4v) is 4.13. The summed E-state index contributed by atoms with van der Waals surface area (Å²) in [5.74, 6) is 1.32. The molecule has 3 heterocycles. The third-order valence-electron chi connectivity index (χ3n) is 6.16. The van der Waals surface area contributed by atoms with Gasteiger partial charge in [-0.25, -0.2) is 0 Å². The van der Waals surface area contributed by atoms with Gasteiger partial charge in [-0.15, -0.1) is 0 Å². The summed E-state index contributed by atoms with van der Waals surface area (Å²) in [5, 5.41) is 6.98. The van der Waals surface area contributed by atoms with Crippen molar-refractivity contribution >= 4 is 17.5 Å². The standard InChI is InChI=1S/C21H24N4O4/c1-11-16(18-23-17(24-29-18)12-4-5-12)25(8-9-28-11)19(26)13-6-7-15-14(10-13)21(2,3)20(27)22-15/h6-7,10-12,16H,4-5,8-9H2,1-3H3,(H,22,27)/t11-,16+/m1/s1. The second-order valence-electron chi connectivity index (χ2n) is 8.62. The van der Waals surface area contributed by atoms with Gasteiger partial charge in [0.1, 0.15) is 6.04 Å². The molecule has 152 valence electrons. The van der Waals surface area contributed by atoms with E-state index in [0.717, 1.165) is 24.1 Å². The van der Waals surface area contributed by atoms with Crippen molar-refractivity contribution in [3.8, 4) is 0 Å². The molecule has 2 aromatic rings. The predicted octanol–water partition coefficient (Wildman–Crippen LogP) is 2.78. The summed E-state index contributed by atoms with van der Waals surface area (Å²) < 4.78 is 11.3. The van der Waals surface area contributed by atoms with E-state index in [1.165, 1.54) is 0 Å². The molecule has 2 fully saturated rings. The molecule has 3 aliphatic rings. The van der Waals surface area contributed by atoms with Crippen molar-refractivity contribution in [1.29, 1.82) is 0 Å². The summed E-state index contributed by atoms with van der Waals surface area (Å²) in [5.41, 5.74) is 1.46. The van der Waals surface area contributed by atoms with E-state index in [-0.39, 0.29) is 17.9 Å². The highest BCUT2D eigenvalue weighted by atomic mass is 16.5. The van der Waals surface area contributed by atoms with Gasteiger partial charge in [0, 0.05) is 23.7 Å². The Morgan fingerprint density at radius 2 is 2.10 bits per heavy atom. The Kier molecular flexibility index (Phi) is 4.03. The molecular weight excluding hydrogens is 372 g/mol. The maximum atomic E-state index is 13.4. The first-order valence-electron chi connectivity index (χ1n) is 10.1. The number of nitrogens with zero attached hydrogens (tertiary/aromatic N) is 3. The molecule has 29 heavy (non-hydrogen) atoms. The molecular formula is C21H24N4O4. The van der Waals surface area contributed by atoms with Gasteiger partial charge in [0.25, 0.3) is 11.8 Å². The molecule has 0 spiro atoms. The first kappa shape index (κ1) is 18.3. The van der Waals surface area contributed by atoms with Crippen molar-refractivity contribution in [2.75, 3.05) is 18.5 Å². The highest BCUT2D eigenvalue weighted by molar-refractivity contribution is 6.07. The van der Waals surface area contributed by atoms with Gasteiger partial charge < -0.3 is 19.5 Å². The van der Waals surface area contributed by atoms with Crippen LogP contribution in [-0.2, 0) is 14.9 Å². The summed E-state index contributed by atoms with van der Waals surface area (Å²) in [6.45, 7) is 6.52. The molecule has 1 aromatic heterocycles. The zero-order valence-corrected chi connectivity index (χ0v) is 16.8. The van der Waals surface area contributed by atoms with E-state index >= 15 is 0 Å². The first-order chi connectivity index (χ1) is 13.9. The van der Waals surface area contributed by atoms with Gasteiger partial charge in [-0.1, -0.05) is 5.16 Å². The molecule has 1 saturated heterocycles. The molecule has 2 amide bonds. The van der Waals surface area contributed by atoms with Gasteiger partial charge >= 0.3 is 0 Å². The van der Waals surface area contributed by atoms with Crippen molar-refractivity contribution in [2.24, 2.45) is 0 Å². The van der Waals surface area contributed by atoms with Gasteiger partial charge in [0.15, 0.2) is 5.82 Å². The maximum Gasteiger partial charge on any atom is 0.254 e. The third-order valence-corrected chi connectivity index (χ3v) is 6.16. The normalized spacial score (nSPS) is 25.6. The quantitative estimate of drug-likeness (QED) is 0.857. The lowest BCUT2D eigenvalue weighted by atomic mass is 9.85. The number of carbonyl (C=O) groups is 2. The summed E-state index contributed by atoms with van der Waals surface area (Å²) in [4.78, 5) is 32.0. The van der Waals surface area contributed by atoms with Crippen LogP contribution in [0.5, 0.6) is 0 Å². The second kappa shape index (κ2) is 6.38. The number of fused-ring (bicyclic) bond motifs is 1. The minimum atomic E-state index is -0.672. The zero-order chi connectivity index (χ0) is 20.3. The molecule has 5 rings (SSSR count). The second-order valence-corrected chi connectivity index (χ2v) is 8.62. The van der Waals surface area contributed by atoms with Gasteiger partial charge in [-0.3, -0.25) is 9.59 Å². The largest absolute Gasteiger partial charge is 0.374 e. The Morgan fingerprint density at radius 3 is 2.86 bits per heavy atom. The van der Waals surface area contributed by atoms with E-state index in [1.807, 2.05) is 26.8 Å². The minimum absolute atomic E-state index is 0.0616. The smallest absolute Gasteiger partial charge is 0.254 e. The van der Waals surface area contributed by atoms with Gasteiger partial charge in [0.05, 0.1) is 18.1 Å². The monoisotopic (exact) mass is 396 g/mol.